The quantitative estimate of drug-likeness (QED) is 0.658. The van der Waals surface area contributed by atoms with Gasteiger partial charge in [0.2, 0.25) is 5.91 Å². The molecule has 0 aromatic carbocycles. The summed E-state index contributed by atoms with van der Waals surface area (Å²) in [5.74, 6) is 0.122. The van der Waals surface area contributed by atoms with E-state index >= 15 is 0 Å². The van der Waals surface area contributed by atoms with Crippen LogP contribution in [0.2, 0.25) is 0 Å². The van der Waals surface area contributed by atoms with Gasteiger partial charge in [0.05, 0.1) is 0 Å². The van der Waals surface area contributed by atoms with Crippen molar-refractivity contribution in [3.05, 3.63) is 0 Å². The van der Waals surface area contributed by atoms with E-state index in [1.54, 1.807) is 11.8 Å². The fourth-order valence-electron chi connectivity index (χ4n) is 2.66. The molecule has 5 heteroatoms. The summed E-state index contributed by atoms with van der Waals surface area (Å²) in [6.45, 7) is 10.2. The molecule has 0 unspecified atom stereocenters. The zero-order valence-corrected chi connectivity index (χ0v) is 11.7. The number of nitrogens with zero attached hydrogens (tertiary/aromatic N) is 2. The van der Waals surface area contributed by atoms with Crippen molar-refractivity contribution >= 4 is 12.0 Å². The van der Waals surface area contributed by atoms with Gasteiger partial charge in [0.1, 0.15) is 5.60 Å². The van der Waals surface area contributed by atoms with E-state index < -0.39 is 5.60 Å². The maximum Gasteiger partial charge on any atom is 0.410 e. The molecule has 0 aliphatic carbocycles. The highest BCUT2D eigenvalue weighted by molar-refractivity contribution is 5.74. The molecule has 5 nitrogen and oxygen atoms in total. The van der Waals surface area contributed by atoms with Gasteiger partial charge in [-0.15, -0.1) is 0 Å². The first-order chi connectivity index (χ1) is 8.21. The molecule has 2 aliphatic heterocycles. The first kappa shape index (κ1) is 13.2. The summed E-state index contributed by atoms with van der Waals surface area (Å²) in [5, 5.41) is 0. The molecule has 1 spiro atoms. The fourth-order valence-corrected chi connectivity index (χ4v) is 2.66. The van der Waals surface area contributed by atoms with Crippen molar-refractivity contribution in [1.82, 2.24) is 9.80 Å². The number of hydrogen-bond acceptors (Lipinski definition) is 3. The smallest absolute Gasteiger partial charge is 0.410 e. The van der Waals surface area contributed by atoms with Crippen LogP contribution in [0.15, 0.2) is 0 Å². The van der Waals surface area contributed by atoms with Crippen LogP contribution in [0.1, 0.15) is 34.1 Å². The minimum atomic E-state index is -0.447. The zero-order chi connectivity index (χ0) is 13.6. The summed E-state index contributed by atoms with van der Waals surface area (Å²) < 4.78 is 5.36. The van der Waals surface area contributed by atoms with E-state index in [4.69, 9.17) is 4.74 Å². The highest BCUT2D eigenvalue weighted by Crippen LogP contribution is 2.39. The molecule has 18 heavy (non-hydrogen) atoms. The summed E-state index contributed by atoms with van der Waals surface area (Å²) in [7, 11) is 0. The predicted octanol–water partition coefficient (Wildman–Crippen LogP) is 1.48. The van der Waals surface area contributed by atoms with Crippen LogP contribution in [0.3, 0.4) is 0 Å². The molecule has 0 bridgehead atoms. The standard InChI is InChI=1S/C13H22N2O3/c1-10(16)15-8-13(9-15)5-6-14(7-13)11(17)18-12(2,3)4/h5-9H2,1-4H3. The Hall–Kier alpha value is -1.26. The lowest BCUT2D eigenvalue weighted by Crippen LogP contribution is -2.59. The second-order valence-electron chi connectivity index (χ2n) is 6.53. The number of ether oxygens (including phenoxy) is 1. The SMILES string of the molecule is CC(=O)N1CC2(CCN(C(=O)OC(C)(C)C)C2)C1. The highest BCUT2D eigenvalue weighted by atomic mass is 16.6. The predicted molar refractivity (Wildman–Crippen MR) is 67.1 cm³/mol. The van der Waals surface area contributed by atoms with Crippen molar-refractivity contribution in [3.8, 4) is 0 Å². The van der Waals surface area contributed by atoms with Crippen LogP contribution in [0.4, 0.5) is 4.79 Å². The second kappa shape index (κ2) is 4.14. The number of rotatable bonds is 0. The topological polar surface area (TPSA) is 49.9 Å². The summed E-state index contributed by atoms with van der Waals surface area (Å²) in [6.07, 6.45) is 0.733. The highest BCUT2D eigenvalue weighted by Gasteiger charge is 2.50. The van der Waals surface area contributed by atoms with Gasteiger partial charge in [-0.25, -0.2) is 4.79 Å². The van der Waals surface area contributed by atoms with Crippen LogP contribution < -0.4 is 0 Å². The molecule has 0 N–H and O–H groups in total. The summed E-state index contributed by atoms with van der Waals surface area (Å²) >= 11 is 0. The van der Waals surface area contributed by atoms with Gasteiger partial charge in [-0.2, -0.15) is 0 Å². The molecule has 2 rings (SSSR count). The van der Waals surface area contributed by atoms with Crippen molar-refractivity contribution in [2.45, 2.75) is 39.7 Å². The Morgan fingerprint density at radius 2 is 1.67 bits per heavy atom. The van der Waals surface area contributed by atoms with E-state index in [1.165, 1.54) is 0 Å². The third-order valence-corrected chi connectivity index (χ3v) is 3.59. The lowest BCUT2D eigenvalue weighted by molar-refractivity contribution is -0.140. The largest absolute Gasteiger partial charge is 0.444 e. The Kier molecular flexibility index (Phi) is 3.03. The number of carbonyl (C=O) groups excluding carboxylic acids is 2. The average Bonchev–Trinajstić information content (AvgIpc) is 2.56. The number of likely N-dealkylation sites (tertiary alicyclic amines) is 2. The van der Waals surface area contributed by atoms with Crippen molar-refractivity contribution in [3.63, 3.8) is 0 Å². The minimum Gasteiger partial charge on any atom is -0.444 e. The van der Waals surface area contributed by atoms with E-state index in [9.17, 15) is 9.59 Å². The molecule has 0 aromatic heterocycles. The normalized spacial score (nSPS) is 22.0. The van der Waals surface area contributed by atoms with Gasteiger partial charge in [0.25, 0.3) is 0 Å². The third-order valence-electron chi connectivity index (χ3n) is 3.59. The van der Waals surface area contributed by atoms with Crippen LogP contribution >= 0.6 is 0 Å². The average molecular weight is 254 g/mol. The molecular formula is C13H22N2O3. The summed E-state index contributed by atoms with van der Waals surface area (Å²) in [4.78, 5) is 26.7. The van der Waals surface area contributed by atoms with Crippen LogP contribution in [0, 0.1) is 5.41 Å². The van der Waals surface area contributed by atoms with Gasteiger partial charge in [-0.1, -0.05) is 0 Å². The third kappa shape index (κ3) is 2.60. The monoisotopic (exact) mass is 254 g/mol. The van der Waals surface area contributed by atoms with Crippen LogP contribution in [-0.4, -0.2) is 53.6 Å². The van der Waals surface area contributed by atoms with Crippen molar-refractivity contribution in [2.24, 2.45) is 5.41 Å². The van der Waals surface area contributed by atoms with Crippen LogP contribution in [0.25, 0.3) is 0 Å². The number of hydrogen-bond donors (Lipinski definition) is 0. The molecule has 0 aromatic rings. The Bertz CT molecular complexity index is 367. The Balaban J connectivity index is 1.86. The molecular weight excluding hydrogens is 232 g/mol. The molecule has 102 valence electrons. The van der Waals surface area contributed by atoms with E-state index in [0.29, 0.717) is 6.54 Å². The molecule has 0 atom stereocenters. The van der Waals surface area contributed by atoms with Crippen molar-refractivity contribution < 1.29 is 14.3 Å². The number of carbonyl (C=O) groups is 2. The van der Waals surface area contributed by atoms with Gasteiger partial charge in [-0.05, 0) is 27.2 Å². The van der Waals surface area contributed by atoms with Gasteiger partial charge in [-0.3, -0.25) is 4.79 Å². The van der Waals surface area contributed by atoms with E-state index in [2.05, 4.69) is 0 Å². The summed E-state index contributed by atoms with van der Waals surface area (Å²) in [5.41, 5.74) is -0.319. The maximum atomic E-state index is 11.9. The molecule has 2 amide bonds. The fraction of sp³-hybridized carbons (Fsp3) is 0.846. The maximum absolute atomic E-state index is 11.9. The van der Waals surface area contributed by atoms with Crippen molar-refractivity contribution in [2.75, 3.05) is 26.2 Å². The minimum absolute atomic E-state index is 0.122. The Morgan fingerprint density at radius 3 is 2.17 bits per heavy atom. The van der Waals surface area contributed by atoms with E-state index in [0.717, 1.165) is 26.1 Å². The molecule has 0 saturated carbocycles. The van der Waals surface area contributed by atoms with Gasteiger partial charge in [0, 0.05) is 38.5 Å². The second-order valence-corrected chi connectivity index (χ2v) is 6.53. The lowest BCUT2D eigenvalue weighted by atomic mass is 9.79. The zero-order valence-electron chi connectivity index (χ0n) is 11.7. The van der Waals surface area contributed by atoms with E-state index in [1.807, 2.05) is 25.7 Å². The number of amides is 2. The van der Waals surface area contributed by atoms with Crippen LogP contribution in [-0.2, 0) is 9.53 Å². The molecule has 2 heterocycles. The molecule has 2 saturated heterocycles. The lowest BCUT2D eigenvalue weighted by Gasteiger charge is -2.47. The molecule has 2 fully saturated rings. The Labute approximate surface area is 108 Å². The van der Waals surface area contributed by atoms with Crippen LogP contribution in [0.5, 0.6) is 0 Å². The van der Waals surface area contributed by atoms with Gasteiger partial charge < -0.3 is 14.5 Å². The van der Waals surface area contributed by atoms with Gasteiger partial charge >= 0.3 is 6.09 Å². The van der Waals surface area contributed by atoms with Gasteiger partial charge in [0.15, 0.2) is 0 Å². The summed E-state index contributed by atoms with van der Waals surface area (Å²) in [6, 6.07) is 0. The first-order valence-corrected chi connectivity index (χ1v) is 6.44. The van der Waals surface area contributed by atoms with E-state index in [-0.39, 0.29) is 17.4 Å². The van der Waals surface area contributed by atoms with Crippen molar-refractivity contribution in [1.29, 1.82) is 0 Å². The first-order valence-electron chi connectivity index (χ1n) is 6.44. The molecule has 2 aliphatic rings. The molecule has 0 radical (unpaired) electrons. The Morgan fingerprint density at radius 1 is 1.11 bits per heavy atom.